The van der Waals surface area contributed by atoms with Gasteiger partial charge in [0.25, 0.3) is 5.56 Å². The largest absolute Gasteiger partial charge is 0.444 e. The van der Waals surface area contributed by atoms with Gasteiger partial charge in [0.05, 0.1) is 5.69 Å². The van der Waals surface area contributed by atoms with E-state index < -0.39 is 5.60 Å². The monoisotopic (exact) mass is 615 g/mol. The van der Waals surface area contributed by atoms with Crippen LogP contribution in [0, 0.1) is 0 Å². The van der Waals surface area contributed by atoms with E-state index in [0.29, 0.717) is 49.7 Å². The molecular weight excluding hydrogens is 578 g/mol. The molecule has 216 valence electrons. The third-order valence-electron chi connectivity index (χ3n) is 6.72. The number of hydrogen-bond donors (Lipinski definition) is 1. The fourth-order valence-electron chi connectivity index (χ4n) is 4.74. The Kier molecular flexibility index (Phi) is 8.30. The molecule has 3 aromatic rings. The van der Waals surface area contributed by atoms with Crippen LogP contribution in [0.2, 0.25) is 0 Å². The standard InChI is InChI=1S/C28H38BrN7O4/c1-8-20-22(33-13-15-34(16-14-33)26(39)40-28(5,6)7)23(38)36-25(31-24(29)32-36)35(20)17-21(37)30-19-11-9-18(10-12-19)27(2,3)4/h9-12H,8,13-17H2,1-7H3,(H,30,37). The summed E-state index contributed by atoms with van der Waals surface area (Å²) in [5.41, 5.74) is 2.11. The summed E-state index contributed by atoms with van der Waals surface area (Å²) in [5, 5.41) is 7.22. The second-order valence-corrected chi connectivity index (χ2v) is 12.7. The lowest BCUT2D eigenvalue weighted by Gasteiger charge is -2.37. The van der Waals surface area contributed by atoms with Crippen molar-refractivity contribution in [3.05, 3.63) is 50.6 Å². The third-order valence-corrected chi connectivity index (χ3v) is 7.05. The number of aromatic nitrogens is 4. The Morgan fingerprint density at radius 1 is 1.02 bits per heavy atom. The minimum Gasteiger partial charge on any atom is -0.444 e. The van der Waals surface area contributed by atoms with Crippen molar-refractivity contribution in [1.29, 1.82) is 0 Å². The highest BCUT2D eigenvalue weighted by Crippen LogP contribution is 2.25. The SMILES string of the molecule is CCc1c(N2CCN(C(=O)OC(C)(C)C)CC2)c(=O)n2nc(Br)nc2n1CC(=O)Nc1ccc(C(C)(C)C)cc1. The normalized spacial score (nSPS) is 14.5. The highest BCUT2D eigenvalue weighted by atomic mass is 79.9. The first-order valence-corrected chi connectivity index (χ1v) is 14.3. The molecule has 1 aliphatic rings. The minimum atomic E-state index is -0.585. The van der Waals surface area contributed by atoms with Crippen LogP contribution in [0.15, 0.2) is 33.8 Å². The number of hydrogen-bond acceptors (Lipinski definition) is 7. The van der Waals surface area contributed by atoms with Gasteiger partial charge in [0.1, 0.15) is 17.8 Å². The van der Waals surface area contributed by atoms with Gasteiger partial charge in [-0.15, -0.1) is 5.10 Å². The number of nitrogens with zero attached hydrogens (tertiary/aromatic N) is 6. The van der Waals surface area contributed by atoms with Crippen LogP contribution in [0.5, 0.6) is 0 Å². The van der Waals surface area contributed by atoms with Crippen molar-refractivity contribution in [3.63, 3.8) is 0 Å². The number of carbonyl (C=O) groups excluding carboxylic acids is 2. The van der Waals surface area contributed by atoms with Crippen molar-refractivity contribution in [3.8, 4) is 0 Å². The number of piperazine rings is 1. The van der Waals surface area contributed by atoms with Crippen LogP contribution in [0.1, 0.15) is 59.7 Å². The number of anilines is 2. The molecule has 1 aromatic carbocycles. The predicted molar refractivity (Wildman–Crippen MR) is 158 cm³/mol. The van der Waals surface area contributed by atoms with Crippen molar-refractivity contribution < 1.29 is 14.3 Å². The van der Waals surface area contributed by atoms with E-state index in [4.69, 9.17) is 4.74 Å². The molecule has 2 aromatic heterocycles. The van der Waals surface area contributed by atoms with Crippen molar-refractivity contribution in [2.75, 3.05) is 36.4 Å². The summed E-state index contributed by atoms with van der Waals surface area (Å²) >= 11 is 3.28. The molecule has 1 fully saturated rings. The van der Waals surface area contributed by atoms with Gasteiger partial charge < -0.3 is 24.4 Å². The first-order valence-electron chi connectivity index (χ1n) is 13.5. The van der Waals surface area contributed by atoms with Crippen LogP contribution >= 0.6 is 15.9 Å². The van der Waals surface area contributed by atoms with E-state index in [2.05, 4.69) is 52.1 Å². The van der Waals surface area contributed by atoms with Crippen LogP contribution in [-0.2, 0) is 27.9 Å². The lowest BCUT2D eigenvalue weighted by molar-refractivity contribution is -0.116. The first kappa shape index (κ1) is 29.6. The van der Waals surface area contributed by atoms with Gasteiger partial charge in [-0.2, -0.15) is 9.50 Å². The molecule has 0 aliphatic carbocycles. The highest BCUT2D eigenvalue weighted by molar-refractivity contribution is 9.10. The minimum absolute atomic E-state index is 0.00987. The maximum Gasteiger partial charge on any atom is 0.410 e. The maximum atomic E-state index is 13.6. The fraction of sp³-hybridized carbons (Fsp3) is 0.536. The van der Waals surface area contributed by atoms with E-state index in [1.165, 1.54) is 10.1 Å². The lowest BCUT2D eigenvalue weighted by Crippen LogP contribution is -2.51. The van der Waals surface area contributed by atoms with Gasteiger partial charge in [0.15, 0.2) is 0 Å². The van der Waals surface area contributed by atoms with E-state index in [0.717, 1.165) is 0 Å². The van der Waals surface area contributed by atoms with Crippen molar-refractivity contribution in [2.24, 2.45) is 0 Å². The number of amides is 2. The molecule has 0 saturated carbocycles. The summed E-state index contributed by atoms with van der Waals surface area (Å²) in [7, 11) is 0. The zero-order valence-corrected chi connectivity index (χ0v) is 25.8. The van der Waals surface area contributed by atoms with Gasteiger partial charge in [-0.3, -0.25) is 9.59 Å². The number of ether oxygens (including phenoxy) is 1. The lowest BCUT2D eigenvalue weighted by atomic mass is 9.87. The first-order chi connectivity index (χ1) is 18.7. The second kappa shape index (κ2) is 11.2. The van der Waals surface area contributed by atoms with E-state index >= 15 is 0 Å². The smallest absolute Gasteiger partial charge is 0.410 e. The molecule has 1 aliphatic heterocycles. The van der Waals surface area contributed by atoms with Crippen LogP contribution < -0.4 is 15.8 Å². The Bertz CT molecular complexity index is 1460. The van der Waals surface area contributed by atoms with Gasteiger partial charge in [-0.05, 0) is 66.2 Å². The molecular formula is C28H38BrN7O4. The molecule has 3 heterocycles. The number of benzene rings is 1. The molecule has 0 radical (unpaired) electrons. The van der Waals surface area contributed by atoms with Crippen LogP contribution in [0.3, 0.4) is 0 Å². The van der Waals surface area contributed by atoms with E-state index in [1.54, 1.807) is 9.47 Å². The quantitative estimate of drug-likeness (QED) is 0.457. The Balaban J connectivity index is 1.62. The topological polar surface area (TPSA) is 114 Å². The molecule has 0 spiro atoms. The molecule has 1 N–H and O–H groups in total. The Morgan fingerprint density at radius 3 is 2.20 bits per heavy atom. The van der Waals surface area contributed by atoms with Gasteiger partial charge in [0.2, 0.25) is 16.4 Å². The molecule has 40 heavy (non-hydrogen) atoms. The molecule has 2 amide bonds. The van der Waals surface area contributed by atoms with Crippen molar-refractivity contribution >= 4 is 45.1 Å². The predicted octanol–water partition coefficient (Wildman–Crippen LogP) is 4.21. The molecule has 4 rings (SSSR count). The number of carbonyl (C=O) groups is 2. The number of halogens is 1. The zero-order chi connectivity index (χ0) is 29.4. The Morgan fingerprint density at radius 2 is 1.65 bits per heavy atom. The number of nitrogens with one attached hydrogen (secondary N) is 1. The number of rotatable bonds is 5. The highest BCUT2D eigenvalue weighted by Gasteiger charge is 2.30. The molecule has 11 nitrogen and oxygen atoms in total. The molecule has 0 atom stereocenters. The van der Waals surface area contributed by atoms with Gasteiger partial charge in [0, 0.05) is 31.9 Å². The van der Waals surface area contributed by atoms with Crippen molar-refractivity contribution in [2.45, 2.75) is 72.4 Å². The van der Waals surface area contributed by atoms with Crippen LogP contribution in [-0.4, -0.2) is 67.8 Å². The van der Waals surface area contributed by atoms with E-state index in [1.807, 2.05) is 56.9 Å². The Labute approximate surface area is 242 Å². The summed E-state index contributed by atoms with van der Waals surface area (Å²) in [6, 6.07) is 7.80. The van der Waals surface area contributed by atoms with Crippen molar-refractivity contribution in [1.82, 2.24) is 24.1 Å². The number of fused-ring (bicyclic) bond motifs is 1. The Hall–Kier alpha value is -3.41. The molecule has 0 unspecified atom stereocenters. The fourth-order valence-corrected chi connectivity index (χ4v) is 5.06. The molecule has 12 heteroatoms. The average molecular weight is 617 g/mol. The van der Waals surface area contributed by atoms with Crippen LogP contribution in [0.4, 0.5) is 16.2 Å². The zero-order valence-electron chi connectivity index (χ0n) is 24.2. The van der Waals surface area contributed by atoms with Gasteiger partial charge in [-0.25, -0.2) is 4.79 Å². The van der Waals surface area contributed by atoms with Crippen LogP contribution in [0.25, 0.3) is 5.78 Å². The maximum absolute atomic E-state index is 13.6. The molecule has 1 saturated heterocycles. The van der Waals surface area contributed by atoms with Gasteiger partial charge in [-0.1, -0.05) is 39.8 Å². The third kappa shape index (κ3) is 6.48. The summed E-state index contributed by atoms with van der Waals surface area (Å²) in [5.74, 6) is 0.0340. The van der Waals surface area contributed by atoms with Gasteiger partial charge >= 0.3 is 6.09 Å². The summed E-state index contributed by atoms with van der Waals surface area (Å²) in [6.45, 7) is 15.5. The second-order valence-electron chi connectivity index (χ2n) is 12.0. The van der Waals surface area contributed by atoms with E-state index in [9.17, 15) is 14.4 Å². The molecule has 0 bridgehead atoms. The summed E-state index contributed by atoms with van der Waals surface area (Å²) in [6.07, 6.45) is 0.119. The summed E-state index contributed by atoms with van der Waals surface area (Å²) < 4.78 is 8.74. The average Bonchev–Trinajstić information content (AvgIpc) is 3.26. The van der Waals surface area contributed by atoms with E-state index in [-0.39, 0.29) is 40.0 Å². The summed E-state index contributed by atoms with van der Waals surface area (Å²) in [4.78, 5) is 47.4.